The van der Waals surface area contributed by atoms with E-state index in [1.165, 1.54) is 4.57 Å². The molecule has 1 aliphatic rings. The highest BCUT2D eigenvalue weighted by Crippen LogP contribution is 2.31. The van der Waals surface area contributed by atoms with E-state index in [0.717, 1.165) is 18.5 Å². The molecular weight excluding hydrogens is 322 g/mol. The lowest BCUT2D eigenvalue weighted by Crippen LogP contribution is -2.37. The molecular formula is C17H23N5O3. The highest BCUT2D eigenvalue weighted by molar-refractivity contribution is 5.76. The van der Waals surface area contributed by atoms with Crippen LogP contribution in [0.4, 0.5) is 0 Å². The maximum Gasteiger partial charge on any atom is 0.348 e. The van der Waals surface area contributed by atoms with E-state index in [0.29, 0.717) is 24.0 Å². The summed E-state index contributed by atoms with van der Waals surface area (Å²) in [7, 11) is 0. The summed E-state index contributed by atoms with van der Waals surface area (Å²) in [4.78, 5) is 34.9. The minimum atomic E-state index is -0.401. The van der Waals surface area contributed by atoms with E-state index >= 15 is 0 Å². The average molecular weight is 345 g/mol. The maximum absolute atomic E-state index is 12.8. The van der Waals surface area contributed by atoms with Crippen LogP contribution in [0.25, 0.3) is 0 Å². The standard InChI is InChI=1S/C17H23N5O3/c1-10(2)15-19-16(25-20-15)13-6-5-7-21(13)14(23)9-22-12(4)8-11(3)18-17(22)24/h8,10,13H,5-7,9H2,1-4H3/t13-/m1/s1. The number of carbonyl (C=O) groups is 1. The first kappa shape index (κ1) is 17.3. The van der Waals surface area contributed by atoms with Crippen LogP contribution in [-0.2, 0) is 11.3 Å². The molecule has 3 rings (SSSR count). The Morgan fingerprint density at radius 3 is 2.76 bits per heavy atom. The second-order valence-corrected chi connectivity index (χ2v) is 6.80. The Morgan fingerprint density at radius 2 is 2.12 bits per heavy atom. The Hall–Kier alpha value is -2.51. The Balaban J connectivity index is 1.80. The van der Waals surface area contributed by atoms with Crippen molar-refractivity contribution in [2.24, 2.45) is 0 Å². The molecule has 1 amide bonds. The molecule has 0 aromatic carbocycles. The van der Waals surface area contributed by atoms with Crippen molar-refractivity contribution in [1.82, 2.24) is 24.6 Å². The van der Waals surface area contributed by atoms with E-state index in [4.69, 9.17) is 4.52 Å². The number of rotatable bonds is 4. The molecule has 1 aliphatic heterocycles. The van der Waals surface area contributed by atoms with Gasteiger partial charge in [-0.05, 0) is 32.8 Å². The van der Waals surface area contributed by atoms with Crippen molar-refractivity contribution in [1.29, 1.82) is 0 Å². The molecule has 8 nitrogen and oxygen atoms in total. The number of carbonyl (C=O) groups excluding carboxylic acids is 1. The van der Waals surface area contributed by atoms with Crippen LogP contribution in [0.1, 0.15) is 61.8 Å². The van der Waals surface area contributed by atoms with Gasteiger partial charge in [0.1, 0.15) is 12.6 Å². The zero-order valence-corrected chi connectivity index (χ0v) is 15.0. The van der Waals surface area contributed by atoms with Gasteiger partial charge in [-0.25, -0.2) is 4.79 Å². The lowest BCUT2D eigenvalue weighted by Gasteiger charge is -2.22. The van der Waals surface area contributed by atoms with Crippen LogP contribution in [0, 0.1) is 13.8 Å². The quantitative estimate of drug-likeness (QED) is 0.837. The Bertz CT molecular complexity index is 839. The third kappa shape index (κ3) is 3.47. The van der Waals surface area contributed by atoms with E-state index in [9.17, 15) is 9.59 Å². The van der Waals surface area contributed by atoms with Gasteiger partial charge in [0.2, 0.25) is 11.8 Å². The molecule has 0 bridgehead atoms. The van der Waals surface area contributed by atoms with E-state index in [2.05, 4.69) is 15.1 Å². The number of likely N-dealkylation sites (tertiary alicyclic amines) is 1. The van der Waals surface area contributed by atoms with Crippen LogP contribution in [0.3, 0.4) is 0 Å². The number of aryl methyl sites for hydroxylation is 2. The van der Waals surface area contributed by atoms with Crippen LogP contribution in [0.5, 0.6) is 0 Å². The summed E-state index contributed by atoms with van der Waals surface area (Å²) >= 11 is 0. The predicted octanol–water partition coefficient (Wildman–Crippen LogP) is 1.73. The molecule has 1 saturated heterocycles. The van der Waals surface area contributed by atoms with Gasteiger partial charge in [0.25, 0.3) is 0 Å². The van der Waals surface area contributed by atoms with Gasteiger partial charge in [-0.1, -0.05) is 19.0 Å². The third-order valence-electron chi connectivity index (χ3n) is 4.47. The van der Waals surface area contributed by atoms with Crippen molar-refractivity contribution in [3.8, 4) is 0 Å². The van der Waals surface area contributed by atoms with Gasteiger partial charge in [0.05, 0.1) is 0 Å². The van der Waals surface area contributed by atoms with Gasteiger partial charge in [0.15, 0.2) is 5.82 Å². The van der Waals surface area contributed by atoms with Crippen LogP contribution in [0.15, 0.2) is 15.4 Å². The van der Waals surface area contributed by atoms with Gasteiger partial charge < -0.3 is 9.42 Å². The summed E-state index contributed by atoms with van der Waals surface area (Å²) in [6.45, 7) is 8.14. The van der Waals surface area contributed by atoms with Crippen molar-refractivity contribution >= 4 is 5.91 Å². The fraction of sp³-hybridized carbons (Fsp3) is 0.588. The van der Waals surface area contributed by atoms with Crippen molar-refractivity contribution in [3.63, 3.8) is 0 Å². The summed E-state index contributed by atoms with van der Waals surface area (Å²) in [6.07, 6.45) is 1.65. The minimum absolute atomic E-state index is 0.0282. The first-order valence-corrected chi connectivity index (χ1v) is 8.55. The molecule has 0 aliphatic carbocycles. The maximum atomic E-state index is 12.8. The number of aromatic nitrogens is 4. The summed E-state index contributed by atoms with van der Waals surface area (Å²) in [5.41, 5.74) is 0.972. The number of amides is 1. The second kappa shape index (κ2) is 6.78. The zero-order chi connectivity index (χ0) is 18.1. The summed E-state index contributed by atoms with van der Waals surface area (Å²) < 4.78 is 6.77. The van der Waals surface area contributed by atoms with E-state index in [-0.39, 0.29) is 24.4 Å². The van der Waals surface area contributed by atoms with Gasteiger partial charge in [0, 0.05) is 23.9 Å². The van der Waals surface area contributed by atoms with E-state index in [1.807, 2.05) is 13.8 Å². The van der Waals surface area contributed by atoms with E-state index < -0.39 is 5.69 Å². The first-order valence-electron chi connectivity index (χ1n) is 8.55. The van der Waals surface area contributed by atoms with Crippen molar-refractivity contribution < 1.29 is 9.32 Å². The van der Waals surface area contributed by atoms with Crippen LogP contribution < -0.4 is 5.69 Å². The molecule has 8 heteroatoms. The van der Waals surface area contributed by atoms with Crippen LogP contribution in [-0.4, -0.2) is 37.0 Å². The van der Waals surface area contributed by atoms with Crippen molar-refractivity contribution in [3.05, 3.63) is 39.7 Å². The smallest absolute Gasteiger partial charge is 0.337 e. The monoisotopic (exact) mass is 345 g/mol. The molecule has 2 aromatic rings. The predicted molar refractivity (Wildman–Crippen MR) is 90.0 cm³/mol. The summed E-state index contributed by atoms with van der Waals surface area (Å²) in [5, 5.41) is 3.99. The fourth-order valence-corrected chi connectivity index (χ4v) is 3.13. The van der Waals surface area contributed by atoms with Crippen LogP contribution in [0.2, 0.25) is 0 Å². The summed E-state index contributed by atoms with van der Waals surface area (Å²) in [5.74, 6) is 1.15. The number of hydrogen-bond donors (Lipinski definition) is 0. The SMILES string of the molecule is Cc1cc(C)n(CC(=O)N2CCC[C@@H]2c2nc(C(C)C)no2)c(=O)n1. The molecule has 1 atom stereocenters. The van der Waals surface area contributed by atoms with Gasteiger partial charge in [-0.3, -0.25) is 9.36 Å². The summed E-state index contributed by atoms with van der Waals surface area (Å²) in [6, 6.07) is 1.57. The highest BCUT2D eigenvalue weighted by Gasteiger charge is 2.34. The molecule has 2 aromatic heterocycles. The number of hydrogen-bond acceptors (Lipinski definition) is 6. The largest absolute Gasteiger partial charge is 0.348 e. The molecule has 134 valence electrons. The Morgan fingerprint density at radius 1 is 1.36 bits per heavy atom. The Kier molecular flexibility index (Phi) is 4.69. The molecule has 1 fully saturated rings. The molecule has 0 spiro atoms. The average Bonchev–Trinajstić information content (AvgIpc) is 3.18. The van der Waals surface area contributed by atoms with E-state index in [1.54, 1.807) is 24.8 Å². The molecule has 0 unspecified atom stereocenters. The second-order valence-electron chi connectivity index (χ2n) is 6.80. The third-order valence-corrected chi connectivity index (χ3v) is 4.47. The van der Waals surface area contributed by atoms with Gasteiger partial charge in [-0.15, -0.1) is 0 Å². The molecule has 0 saturated carbocycles. The molecule has 25 heavy (non-hydrogen) atoms. The topological polar surface area (TPSA) is 94.1 Å². The van der Waals surface area contributed by atoms with Crippen LogP contribution >= 0.6 is 0 Å². The van der Waals surface area contributed by atoms with Crippen molar-refractivity contribution in [2.75, 3.05) is 6.54 Å². The minimum Gasteiger partial charge on any atom is -0.337 e. The normalized spacial score (nSPS) is 17.5. The lowest BCUT2D eigenvalue weighted by molar-refractivity contribution is -0.133. The first-order chi connectivity index (χ1) is 11.9. The number of nitrogens with zero attached hydrogens (tertiary/aromatic N) is 5. The lowest BCUT2D eigenvalue weighted by atomic mass is 10.2. The zero-order valence-electron chi connectivity index (χ0n) is 15.0. The van der Waals surface area contributed by atoms with Crippen molar-refractivity contribution in [2.45, 2.75) is 59.0 Å². The molecule has 0 N–H and O–H groups in total. The fourth-order valence-electron chi connectivity index (χ4n) is 3.13. The highest BCUT2D eigenvalue weighted by atomic mass is 16.5. The van der Waals surface area contributed by atoms with Gasteiger partial charge >= 0.3 is 5.69 Å². The Labute approximate surface area is 145 Å². The molecule has 0 radical (unpaired) electrons. The molecule has 3 heterocycles. The van der Waals surface area contributed by atoms with Gasteiger partial charge in [-0.2, -0.15) is 9.97 Å².